The van der Waals surface area contributed by atoms with E-state index in [2.05, 4.69) is 10.1 Å². The highest BCUT2D eigenvalue weighted by Gasteiger charge is 2.32. The molecule has 0 aromatic heterocycles. The Morgan fingerprint density at radius 1 is 1.35 bits per heavy atom. The maximum Gasteiger partial charge on any atom is 0.573 e. The van der Waals surface area contributed by atoms with Crippen molar-refractivity contribution in [1.82, 2.24) is 5.32 Å². The largest absolute Gasteiger partial charge is 0.573 e. The van der Waals surface area contributed by atoms with Crippen LogP contribution in [0.2, 0.25) is 0 Å². The lowest BCUT2D eigenvalue weighted by Gasteiger charge is -2.12. The number of carbonyl (C=O) groups is 1. The number of carbonyl (C=O) groups excluding carboxylic acids is 1. The van der Waals surface area contributed by atoms with Gasteiger partial charge >= 0.3 is 6.36 Å². The molecular weight excluding hydrogens is 277 g/mol. The first-order chi connectivity index (χ1) is 9.33. The predicted octanol–water partition coefficient (Wildman–Crippen LogP) is 1.67. The molecule has 1 rings (SSSR count). The molecule has 0 saturated heterocycles. The normalized spacial score (nSPS) is 11.2. The maximum absolute atomic E-state index is 12.0. The van der Waals surface area contributed by atoms with Crippen molar-refractivity contribution >= 4 is 11.6 Å². The van der Waals surface area contributed by atoms with Crippen LogP contribution in [0.25, 0.3) is 0 Å². The summed E-state index contributed by atoms with van der Waals surface area (Å²) in [4.78, 5) is 11.7. The molecule has 1 aromatic carbocycles. The summed E-state index contributed by atoms with van der Waals surface area (Å²) < 4.78 is 39.8. The Labute approximate surface area is 113 Å². The number of aliphatic hydroxyl groups is 1. The van der Waals surface area contributed by atoms with Crippen LogP contribution in [-0.4, -0.2) is 30.5 Å². The van der Waals surface area contributed by atoms with Gasteiger partial charge in [0.1, 0.15) is 0 Å². The number of unbranched alkanes of at least 4 members (excludes halogenated alkanes) is 1. The number of ether oxygens (including phenoxy) is 1. The van der Waals surface area contributed by atoms with Crippen molar-refractivity contribution < 1.29 is 27.8 Å². The van der Waals surface area contributed by atoms with E-state index in [1.807, 2.05) is 0 Å². The summed E-state index contributed by atoms with van der Waals surface area (Å²) >= 11 is 0. The van der Waals surface area contributed by atoms with Crippen molar-refractivity contribution in [3.8, 4) is 5.75 Å². The van der Waals surface area contributed by atoms with E-state index >= 15 is 0 Å². The van der Waals surface area contributed by atoms with Gasteiger partial charge in [-0.05, 0) is 31.0 Å². The molecule has 0 saturated carbocycles. The fourth-order valence-corrected chi connectivity index (χ4v) is 1.45. The third kappa shape index (κ3) is 5.35. The standard InChI is InChI=1S/C12H15F3N2O3/c13-12(14,15)20-10-4-3-8(7-9(10)16)11(19)17-5-1-2-6-18/h3-4,7,18H,1-2,5-6,16H2,(H,17,19). The maximum atomic E-state index is 12.0. The zero-order chi connectivity index (χ0) is 15.2. The van der Waals surface area contributed by atoms with Gasteiger partial charge in [-0.1, -0.05) is 0 Å². The minimum Gasteiger partial charge on any atom is -0.404 e. The van der Waals surface area contributed by atoms with Gasteiger partial charge in [-0.15, -0.1) is 13.2 Å². The van der Waals surface area contributed by atoms with Gasteiger partial charge in [-0.25, -0.2) is 0 Å². The number of anilines is 1. The molecule has 0 radical (unpaired) electrons. The molecule has 1 aromatic rings. The molecule has 0 spiro atoms. The Balaban J connectivity index is 2.64. The van der Waals surface area contributed by atoms with Gasteiger partial charge in [-0.2, -0.15) is 0 Å². The van der Waals surface area contributed by atoms with Crippen molar-refractivity contribution in [2.45, 2.75) is 19.2 Å². The van der Waals surface area contributed by atoms with Crippen LogP contribution in [0, 0.1) is 0 Å². The lowest BCUT2D eigenvalue weighted by Crippen LogP contribution is -2.25. The summed E-state index contributed by atoms with van der Waals surface area (Å²) in [6.07, 6.45) is -3.67. The number of hydrogen-bond donors (Lipinski definition) is 3. The van der Waals surface area contributed by atoms with Crippen LogP contribution in [0.3, 0.4) is 0 Å². The summed E-state index contributed by atoms with van der Waals surface area (Å²) in [5, 5.41) is 11.1. The topological polar surface area (TPSA) is 84.6 Å². The summed E-state index contributed by atoms with van der Waals surface area (Å²) in [5.41, 5.74) is 5.27. The van der Waals surface area contributed by atoms with Crippen LogP contribution in [0.4, 0.5) is 18.9 Å². The Kier molecular flexibility index (Phi) is 5.63. The second-order valence-electron chi connectivity index (χ2n) is 3.99. The molecule has 0 bridgehead atoms. The van der Waals surface area contributed by atoms with E-state index in [1.54, 1.807) is 0 Å². The first-order valence-electron chi connectivity index (χ1n) is 5.88. The molecule has 4 N–H and O–H groups in total. The highest BCUT2D eigenvalue weighted by atomic mass is 19.4. The quantitative estimate of drug-likeness (QED) is 0.550. The van der Waals surface area contributed by atoms with Crippen LogP contribution in [0.15, 0.2) is 18.2 Å². The number of aliphatic hydroxyl groups excluding tert-OH is 1. The molecule has 0 unspecified atom stereocenters. The molecule has 0 aliphatic heterocycles. The zero-order valence-electron chi connectivity index (χ0n) is 10.5. The smallest absolute Gasteiger partial charge is 0.404 e. The first kappa shape index (κ1) is 16.1. The van der Waals surface area contributed by atoms with E-state index in [4.69, 9.17) is 10.8 Å². The van der Waals surface area contributed by atoms with Crippen LogP contribution in [-0.2, 0) is 0 Å². The lowest BCUT2D eigenvalue weighted by atomic mass is 10.1. The second-order valence-corrected chi connectivity index (χ2v) is 3.99. The zero-order valence-corrected chi connectivity index (χ0v) is 10.5. The summed E-state index contributed by atoms with van der Waals surface area (Å²) in [6.45, 7) is 0.395. The number of halogens is 3. The molecule has 1 amide bonds. The van der Waals surface area contributed by atoms with Crippen LogP contribution >= 0.6 is 0 Å². The fraction of sp³-hybridized carbons (Fsp3) is 0.417. The molecule has 0 heterocycles. The van der Waals surface area contributed by atoms with Gasteiger partial charge in [0.15, 0.2) is 5.75 Å². The number of rotatable bonds is 6. The minimum atomic E-state index is -4.83. The monoisotopic (exact) mass is 292 g/mol. The summed E-state index contributed by atoms with van der Waals surface area (Å²) in [5.74, 6) is -0.998. The third-order valence-electron chi connectivity index (χ3n) is 2.37. The Morgan fingerprint density at radius 2 is 2.05 bits per heavy atom. The van der Waals surface area contributed by atoms with Crippen LogP contribution in [0.1, 0.15) is 23.2 Å². The number of nitrogens with one attached hydrogen (secondary N) is 1. The van der Waals surface area contributed by atoms with E-state index in [0.29, 0.717) is 19.4 Å². The van der Waals surface area contributed by atoms with Gasteiger partial charge in [0.05, 0.1) is 5.69 Å². The van der Waals surface area contributed by atoms with E-state index in [9.17, 15) is 18.0 Å². The number of alkyl halides is 3. The van der Waals surface area contributed by atoms with Crippen molar-refractivity contribution in [2.24, 2.45) is 0 Å². The van der Waals surface area contributed by atoms with Crippen LogP contribution < -0.4 is 15.8 Å². The summed E-state index contributed by atoms with van der Waals surface area (Å²) in [6, 6.07) is 3.30. The number of nitrogens with two attached hydrogens (primary N) is 1. The van der Waals surface area contributed by atoms with Gasteiger partial charge in [-0.3, -0.25) is 4.79 Å². The predicted molar refractivity (Wildman–Crippen MR) is 66.2 cm³/mol. The number of nitrogen functional groups attached to an aromatic ring is 1. The van der Waals surface area contributed by atoms with Crippen molar-refractivity contribution in [3.05, 3.63) is 23.8 Å². The second kappa shape index (κ2) is 6.99. The molecule has 0 fully saturated rings. The third-order valence-corrected chi connectivity index (χ3v) is 2.37. The highest BCUT2D eigenvalue weighted by molar-refractivity contribution is 5.95. The van der Waals surface area contributed by atoms with Crippen molar-refractivity contribution in [3.63, 3.8) is 0 Å². The van der Waals surface area contributed by atoms with E-state index in [-0.39, 0.29) is 17.9 Å². The number of hydrogen-bond acceptors (Lipinski definition) is 4. The van der Waals surface area contributed by atoms with Crippen molar-refractivity contribution in [1.29, 1.82) is 0 Å². The molecular formula is C12H15F3N2O3. The molecule has 0 aliphatic carbocycles. The minimum absolute atomic E-state index is 0.0340. The molecule has 20 heavy (non-hydrogen) atoms. The van der Waals surface area contributed by atoms with E-state index < -0.39 is 18.0 Å². The van der Waals surface area contributed by atoms with Crippen molar-refractivity contribution in [2.75, 3.05) is 18.9 Å². The van der Waals surface area contributed by atoms with Gasteiger partial charge in [0, 0.05) is 18.7 Å². The Morgan fingerprint density at radius 3 is 2.60 bits per heavy atom. The van der Waals surface area contributed by atoms with Gasteiger partial charge in [0.2, 0.25) is 0 Å². The number of amides is 1. The Hall–Kier alpha value is -1.96. The molecule has 0 atom stereocenters. The molecule has 0 aliphatic rings. The van der Waals surface area contributed by atoms with Gasteiger partial charge < -0.3 is 20.9 Å². The fourth-order valence-electron chi connectivity index (χ4n) is 1.45. The van der Waals surface area contributed by atoms with Crippen LogP contribution in [0.5, 0.6) is 5.75 Å². The molecule has 5 nitrogen and oxygen atoms in total. The average Bonchev–Trinajstić information content (AvgIpc) is 2.35. The highest BCUT2D eigenvalue weighted by Crippen LogP contribution is 2.28. The van der Waals surface area contributed by atoms with E-state index in [1.165, 1.54) is 6.07 Å². The van der Waals surface area contributed by atoms with E-state index in [0.717, 1.165) is 12.1 Å². The van der Waals surface area contributed by atoms with Gasteiger partial charge in [0.25, 0.3) is 5.91 Å². The summed E-state index contributed by atoms with van der Waals surface area (Å²) in [7, 11) is 0. The molecule has 8 heteroatoms. The average molecular weight is 292 g/mol. The first-order valence-corrected chi connectivity index (χ1v) is 5.88. The SMILES string of the molecule is Nc1cc(C(=O)NCCCCO)ccc1OC(F)(F)F. The number of benzene rings is 1. The molecule has 112 valence electrons. The lowest BCUT2D eigenvalue weighted by molar-refractivity contribution is -0.274. The Bertz CT molecular complexity index is 464.